The van der Waals surface area contributed by atoms with Gasteiger partial charge in [0.05, 0.1) is 11.6 Å². The van der Waals surface area contributed by atoms with Gasteiger partial charge in [-0.05, 0) is 31.9 Å². The van der Waals surface area contributed by atoms with Crippen molar-refractivity contribution in [3.63, 3.8) is 0 Å². The number of nitrogens with zero attached hydrogens (tertiary/aromatic N) is 1. The molecule has 2 nitrogen and oxygen atoms in total. The molecule has 1 aromatic carbocycles. The second kappa shape index (κ2) is 4.30. The van der Waals surface area contributed by atoms with Crippen molar-refractivity contribution in [3.8, 4) is 11.5 Å². The first-order chi connectivity index (χ1) is 7.61. The minimum absolute atomic E-state index is 0.382. The molecule has 0 radical (unpaired) electrons. The van der Waals surface area contributed by atoms with Crippen LogP contribution in [-0.2, 0) is 5.88 Å². The fraction of sp³-hybridized carbons (Fsp3) is 0.308. The lowest BCUT2D eigenvalue weighted by atomic mass is 10.00. The fourth-order valence-corrected chi connectivity index (χ4v) is 2.12. The minimum atomic E-state index is 0.382. The van der Waals surface area contributed by atoms with E-state index in [2.05, 4.69) is 37.9 Å². The van der Waals surface area contributed by atoms with Gasteiger partial charge >= 0.3 is 0 Å². The van der Waals surface area contributed by atoms with E-state index in [0.717, 1.165) is 11.3 Å². The number of rotatable bonds is 2. The van der Waals surface area contributed by atoms with Crippen LogP contribution in [0.3, 0.4) is 0 Å². The third kappa shape index (κ3) is 1.98. The predicted octanol–water partition coefficient (Wildman–Crippen LogP) is 4.01. The Morgan fingerprint density at radius 1 is 1.19 bits per heavy atom. The van der Waals surface area contributed by atoms with Crippen molar-refractivity contribution in [2.45, 2.75) is 26.7 Å². The lowest BCUT2D eigenvalue weighted by molar-refractivity contribution is 0.572. The van der Waals surface area contributed by atoms with Crippen LogP contribution in [0.4, 0.5) is 0 Å². The monoisotopic (exact) mass is 235 g/mol. The van der Waals surface area contributed by atoms with E-state index in [1.807, 2.05) is 0 Å². The molecule has 0 saturated carbocycles. The molecule has 0 spiro atoms. The highest BCUT2D eigenvalue weighted by molar-refractivity contribution is 6.16. The first kappa shape index (κ1) is 11.2. The average molecular weight is 236 g/mol. The van der Waals surface area contributed by atoms with Gasteiger partial charge in [0.1, 0.15) is 6.26 Å². The summed E-state index contributed by atoms with van der Waals surface area (Å²) < 4.78 is 5.45. The van der Waals surface area contributed by atoms with Gasteiger partial charge in [-0.1, -0.05) is 17.7 Å². The van der Waals surface area contributed by atoms with Crippen molar-refractivity contribution < 1.29 is 4.42 Å². The van der Waals surface area contributed by atoms with Crippen molar-refractivity contribution in [1.82, 2.24) is 4.98 Å². The molecule has 1 heterocycles. The summed E-state index contributed by atoms with van der Waals surface area (Å²) in [4.78, 5) is 4.35. The lowest BCUT2D eigenvalue weighted by Gasteiger charge is -2.07. The Morgan fingerprint density at radius 2 is 1.81 bits per heavy atom. The third-order valence-electron chi connectivity index (χ3n) is 2.58. The smallest absolute Gasteiger partial charge is 0.226 e. The number of hydrogen-bond acceptors (Lipinski definition) is 2. The van der Waals surface area contributed by atoms with Gasteiger partial charge in [-0.2, -0.15) is 0 Å². The molecule has 0 fully saturated rings. The summed E-state index contributed by atoms with van der Waals surface area (Å²) in [6.07, 6.45) is 1.61. The molecular formula is C13H14ClNO. The molecule has 0 N–H and O–H groups in total. The van der Waals surface area contributed by atoms with Gasteiger partial charge in [-0.15, -0.1) is 11.6 Å². The molecule has 2 aromatic rings. The first-order valence-electron chi connectivity index (χ1n) is 5.20. The molecule has 0 aliphatic carbocycles. The maximum Gasteiger partial charge on any atom is 0.226 e. The Bertz CT molecular complexity index is 493. The van der Waals surface area contributed by atoms with E-state index in [9.17, 15) is 0 Å². The van der Waals surface area contributed by atoms with Crippen LogP contribution >= 0.6 is 11.6 Å². The molecule has 0 aliphatic rings. The molecule has 0 amide bonds. The molecule has 0 atom stereocenters. The van der Waals surface area contributed by atoms with Crippen molar-refractivity contribution in [2.24, 2.45) is 0 Å². The molecule has 1 aromatic heterocycles. The maximum absolute atomic E-state index is 5.71. The van der Waals surface area contributed by atoms with Crippen LogP contribution in [0.15, 0.2) is 22.8 Å². The van der Waals surface area contributed by atoms with Gasteiger partial charge in [-0.25, -0.2) is 4.98 Å². The molecule has 84 valence electrons. The van der Waals surface area contributed by atoms with Crippen LogP contribution in [-0.4, -0.2) is 4.98 Å². The van der Waals surface area contributed by atoms with E-state index in [0.29, 0.717) is 11.8 Å². The standard InChI is InChI=1S/C13H14ClNO/c1-8-4-9(2)12(10(3)5-8)13-15-11(6-14)7-16-13/h4-5,7H,6H2,1-3H3. The zero-order valence-corrected chi connectivity index (χ0v) is 10.4. The molecule has 0 bridgehead atoms. The SMILES string of the molecule is Cc1cc(C)c(-c2nc(CCl)co2)c(C)c1. The van der Waals surface area contributed by atoms with E-state index >= 15 is 0 Å². The number of halogens is 1. The van der Waals surface area contributed by atoms with E-state index in [4.69, 9.17) is 16.0 Å². The quantitative estimate of drug-likeness (QED) is 0.736. The largest absolute Gasteiger partial charge is 0.444 e. The Kier molecular flexibility index (Phi) is 3.01. The first-order valence-corrected chi connectivity index (χ1v) is 5.74. The third-order valence-corrected chi connectivity index (χ3v) is 2.85. The molecule has 0 unspecified atom stereocenters. The van der Waals surface area contributed by atoms with E-state index in [1.165, 1.54) is 16.7 Å². The lowest BCUT2D eigenvalue weighted by Crippen LogP contribution is -1.90. The number of oxazole rings is 1. The second-order valence-corrected chi connectivity index (χ2v) is 4.32. The second-order valence-electron chi connectivity index (χ2n) is 4.05. The summed E-state index contributed by atoms with van der Waals surface area (Å²) >= 11 is 5.71. The van der Waals surface area contributed by atoms with Crippen LogP contribution < -0.4 is 0 Å². The molecule has 3 heteroatoms. The zero-order chi connectivity index (χ0) is 11.7. The fourth-order valence-electron chi connectivity index (χ4n) is 2.00. The van der Waals surface area contributed by atoms with Crippen molar-refractivity contribution in [2.75, 3.05) is 0 Å². The average Bonchev–Trinajstić information content (AvgIpc) is 2.64. The molecule has 2 rings (SSSR count). The van der Waals surface area contributed by atoms with Crippen molar-refractivity contribution in [3.05, 3.63) is 40.8 Å². The van der Waals surface area contributed by atoms with Crippen LogP contribution in [0.25, 0.3) is 11.5 Å². The molecular weight excluding hydrogens is 222 g/mol. The number of alkyl halides is 1. The predicted molar refractivity (Wildman–Crippen MR) is 65.7 cm³/mol. The van der Waals surface area contributed by atoms with Gasteiger partial charge in [0.2, 0.25) is 5.89 Å². The summed E-state index contributed by atoms with van der Waals surface area (Å²) in [5.74, 6) is 1.04. The molecule has 16 heavy (non-hydrogen) atoms. The number of aromatic nitrogens is 1. The van der Waals surface area contributed by atoms with Crippen LogP contribution in [0.5, 0.6) is 0 Å². The number of aryl methyl sites for hydroxylation is 3. The van der Waals surface area contributed by atoms with Crippen LogP contribution in [0, 0.1) is 20.8 Å². The summed E-state index contributed by atoms with van der Waals surface area (Å²) in [7, 11) is 0. The van der Waals surface area contributed by atoms with E-state index in [1.54, 1.807) is 6.26 Å². The zero-order valence-electron chi connectivity index (χ0n) is 9.67. The molecule has 0 saturated heterocycles. The van der Waals surface area contributed by atoms with Crippen LogP contribution in [0.2, 0.25) is 0 Å². The highest BCUT2D eigenvalue weighted by Crippen LogP contribution is 2.27. The highest BCUT2D eigenvalue weighted by Gasteiger charge is 2.12. The Hall–Kier alpha value is -1.28. The summed E-state index contributed by atoms with van der Waals surface area (Å²) in [6, 6.07) is 4.26. The van der Waals surface area contributed by atoms with Crippen LogP contribution in [0.1, 0.15) is 22.4 Å². The van der Waals surface area contributed by atoms with E-state index in [-0.39, 0.29) is 0 Å². The van der Waals surface area contributed by atoms with Crippen molar-refractivity contribution in [1.29, 1.82) is 0 Å². The topological polar surface area (TPSA) is 26.0 Å². The Balaban J connectivity index is 2.55. The van der Waals surface area contributed by atoms with Gasteiger partial charge in [0.15, 0.2) is 0 Å². The van der Waals surface area contributed by atoms with Gasteiger partial charge in [0, 0.05) is 5.56 Å². The van der Waals surface area contributed by atoms with Gasteiger partial charge in [0.25, 0.3) is 0 Å². The Labute approximate surface area is 100 Å². The Morgan fingerprint density at radius 3 is 2.31 bits per heavy atom. The summed E-state index contributed by atoms with van der Waals surface area (Å²) in [6.45, 7) is 6.23. The maximum atomic E-state index is 5.71. The summed E-state index contributed by atoms with van der Waals surface area (Å²) in [5, 5.41) is 0. The molecule has 0 aliphatic heterocycles. The number of hydrogen-bond donors (Lipinski definition) is 0. The minimum Gasteiger partial charge on any atom is -0.444 e. The van der Waals surface area contributed by atoms with Gasteiger partial charge < -0.3 is 4.42 Å². The van der Waals surface area contributed by atoms with E-state index < -0.39 is 0 Å². The van der Waals surface area contributed by atoms with Gasteiger partial charge in [-0.3, -0.25) is 0 Å². The highest BCUT2D eigenvalue weighted by atomic mass is 35.5. The number of benzene rings is 1. The normalized spacial score (nSPS) is 10.8. The van der Waals surface area contributed by atoms with Crippen molar-refractivity contribution >= 4 is 11.6 Å². The summed E-state index contributed by atoms with van der Waals surface area (Å²) in [5.41, 5.74) is 5.46.